The molecule has 9 nitrogen and oxygen atoms in total. The molecule has 0 N–H and O–H groups in total. The van der Waals surface area contributed by atoms with Crippen LogP contribution >= 0.6 is 0 Å². The zero-order valence-corrected chi connectivity index (χ0v) is 25.7. The average Bonchev–Trinajstić information content (AvgIpc) is 2.95. The maximum Gasteiger partial charge on any atom is 3.00 e. The zero-order valence-electron chi connectivity index (χ0n) is 22.1. The molecule has 0 radical (unpaired) electrons. The Bertz CT molecular complexity index is 1960. The van der Waals surface area contributed by atoms with Crippen LogP contribution in [0.5, 0.6) is 0 Å². The van der Waals surface area contributed by atoms with Crippen LogP contribution in [0.15, 0.2) is 142 Å². The van der Waals surface area contributed by atoms with Crippen molar-refractivity contribution < 1.29 is 38.9 Å². The van der Waals surface area contributed by atoms with Gasteiger partial charge in [0.1, 0.15) is 30.4 Å². The van der Waals surface area contributed by atoms with Crippen molar-refractivity contribution in [1.82, 2.24) is 0 Å². The summed E-state index contributed by atoms with van der Waals surface area (Å²) in [6, 6.07) is 34.6. The van der Waals surface area contributed by atoms with Gasteiger partial charge >= 0.3 is 17.4 Å². The van der Waals surface area contributed by atoms with Gasteiger partial charge in [-0.2, -0.15) is 0 Å². The number of fused-ring (bicyclic) bond motifs is 3. The molecule has 0 aliphatic rings. The van der Waals surface area contributed by atoms with Gasteiger partial charge in [-0.15, -0.1) is 0 Å². The maximum absolute atomic E-state index is 10.9. The van der Waals surface area contributed by atoms with Crippen LogP contribution in [0.2, 0.25) is 0 Å². The molecule has 0 aliphatic heterocycles. The summed E-state index contributed by atoms with van der Waals surface area (Å²) < 4.78 is 98.0. The van der Waals surface area contributed by atoms with Gasteiger partial charge in [0.15, 0.2) is 0 Å². The molecule has 0 aliphatic carbocycles. The van der Waals surface area contributed by atoms with E-state index in [9.17, 15) is 38.9 Å². The molecule has 43 heavy (non-hydrogen) atoms. The largest absolute Gasteiger partial charge is 3.00 e. The molecule has 0 atom stereocenters. The first kappa shape index (κ1) is 33.9. The third-order valence-electron chi connectivity index (χ3n) is 6.06. The Hall–Kier alpha value is -3.64. The van der Waals surface area contributed by atoms with Gasteiger partial charge in [-0.3, -0.25) is 0 Å². The minimum absolute atomic E-state index is 0. The normalized spacial score (nSPS) is 11.5. The van der Waals surface area contributed by atoms with E-state index in [-0.39, 0.29) is 32.0 Å². The van der Waals surface area contributed by atoms with E-state index in [1.165, 1.54) is 18.2 Å². The minimum atomic E-state index is -4.38. The Morgan fingerprint density at radius 2 is 0.535 bits per heavy atom. The van der Waals surface area contributed by atoms with Crippen molar-refractivity contribution in [3.05, 3.63) is 127 Å². The summed E-state index contributed by atoms with van der Waals surface area (Å²) in [6.45, 7) is 0. The van der Waals surface area contributed by atoms with E-state index in [0.717, 1.165) is 16.2 Å². The fraction of sp³-hybridized carbons (Fsp3) is 0. The van der Waals surface area contributed by atoms with Crippen molar-refractivity contribution >= 4 is 80.0 Å². The molecular formula is C30H21AlO9S3. The molecule has 0 saturated carbocycles. The van der Waals surface area contributed by atoms with E-state index in [4.69, 9.17) is 0 Å². The molecule has 0 heterocycles. The number of benzene rings is 6. The smallest absolute Gasteiger partial charge is 0.744 e. The van der Waals surface area contributed by atoms with Gasteiger partial charge < -0.3 is 13.7 Å². The summed E-state index contributed by atoms with van der Waals surface area (Å²) in [5.74, 6) is 0. The van der Waals surface area contributed by atoms with Gasteiger partial charge in [-0.25, -0.2) is 25.3 Å². The summed E-state index contributed by atoms with van der Waals surface area (Å²) >= 11 is 0. The molecule has 0 saturated heterocycles. The van der Waals surface area contributed by atoms with Crippen molar-refractivity contribution in [3.8, 4) is 0 Å². The number of rotatable bonds is 3. The zero-order chi connectivity index (χ0) is 30.5. The van der Waals surface area contributed by atoms with E-state index in [0.29, 0.717) is 16.2 Å². The van der Waals surface area contributed by atoms with Crippen LogP contribution in [-0.4, -0.2) is 56.3 Å². The van der Waals surface area contributed by atoms with Gasteiger partial charge in [0.05, 0.1) is 14.7 Å². The van der Waals surface area contributed by atoms with Crippen molar-refractivity contribution in [1.29, 1.82) is 0 Å². The first-order chi connectivity index (χ1) is 19.8. The fourth-order valence-corrected chi connectivity index (χ4v) is 6.34. The quantitative estimate of drug-likeness (QED) is 0.192. The summed E-state index contributed by atoms with van der Waals surface area (Å²) in [6.07, 6.45) is 0. The van der Waals surface area contributed by atoms with Gasteiger partial charge in [0.25, 0.3) is 0 Å². The van der Waals surface area contributed by atoms with Crippen LogP contribution in [0.3, 0.4) is 0 Å². The van der Waals surface area contributed by atoms with Gasteiger partial charge in [0.2, 0.25) is 0 Å². The van der Waals surface area contributed by atoms with Crippen molar-refractivity contribution in [2.24, 2.45) is 0 Å². The van der Waals surface area contributed by atoms with Crippen molar-refractivity contribution in [3.63, 3.8) is 0 Å². The predicted molar refractivity (Wildman–Crippen MR) is 161 cm³/mol. The molecule has 6 rings (SSSR count). The number of hydrogen-bond donors (Lipinski definition) is 0. The average molecular weight is 649 g/mol. The molecule has 6 aromatic rings. The molecule has 216 valence electrons. The maximum atomic E-state index is 10.9. The van der Waals surface area contributed by atoms with Gasteiger partial charge in [-0.1, -0.05) is 109 Å². The van der Waals surface area contributed by atoms with Crippen molar-refractivity contribution in [2.75, 3.05) is 0 Å². The molecular weight excluding hydrogens is 628 g/mol. The second-order valence-corrected chi connectivity index (χ2v) is 12.8. The summed E-state index contributed by atoms with van der Waals surface area (Å²) in [7, 11) is -13.1. The fourth-order valence-electron chi connectivity index (χ4n) is 4.24. The second kappa shape index (κ2) is 13.8. The van der Waals surface area contributed by atoms with Crippen LogP contribution in [0, 0.1) is 0 Å². The molecule has 13 heteroatoms. The molecule has 0 aromatic heterocycles. The summed E-state index contributed by atoms with van der Waals surface area (Å²) in [5, 5.41) is 3.69. The Morgan fingerprint density at radius 1 is 0.326 bits per heavy atom. The topological polar surface area (TPSA) is 172 Å². The first-order valence-electron chi connectivity index (χ1n) is 12.1. The third kappa shape index (κ3) is 8.48. The van der Waals surface area contributed by atoms with E-state index in [1.807, 2.05) is 0 Å². The summed E-state index contributed by atoms with van der Waals surface area (Å²) in [4.78, 5) is -0.471. The SMILES string of the molecule is O=S(=O)([O-])c1cccc2ccccc12.O=S(=O)([O-])c1cccc2ccccc12.O=S(=O)([O-])c1cccc2ccccc12.[Al+3]. The molecule has 6 aromatic carbocycles. The third-order valence-corrected chi connectivity index (χ3v) is 8.74. The van der Waals surface area contributed by atoms with Crippen LogP contribution in [0.1, 0.15) is 0 Å². The van der Waals surface area contributed by atoms with Gasteiger partial charge in [-0.05, 0) is 50.5 Å². The standard InChI is InChI=1S/3C10H8O3S.Al/c3*11-14(12,13)10-7-3-5-8-4-1-2-6-9(8)10;/h3*1-7H,(H,11,12,13);/q;;;+3/p-3. The first-order valence-corrected chi connectivity index (χ1v) is 16.3. The van der Waals surface area contributed by atoms with E-state index < -0.39 is 30.4 Å². The van der Waals surface area contributed by atoms with E-state index >= 15 is 0 Å². The Balaban J connectivity index is 0.000000175. The molecule has 0 amide bonds. The monoisotopic (exact) mass is 648 g/mol. The molecule has 0 spiro atoms. The minimum Gasteiger partial charge on any atom is -0.744 e. The van der Waals surface area contributed by atoms with Gasteiger partial charge in [0, 0.05) is 0 Å². The molecule has 0 bridgehead atoms. The predicted octanol–water partition coefficient (Wildman–Crippen LogP) is 4.85. The Morgan fingerprint density at radius 3 is 0.767 bits per heavy atom. The number of hydrogen-bond acceptors (Lipinski definition) is 9. The summed E-state index contributed by atoms with van der Waals surface area (Å²) in [5.41, 5.74) is 0. The van der Waals surface area contributed by atoms with E-state index in [2.05, 4.69) is 0 Å². The second-order valence-electron chi connectivity index (χ2n) is 8.79. The Kier molecular flexibility index (Phi) is 10.8. The molecule has 0 fully saturated rings. The molecule has 0 unspecified atom stereocenters. The van der Waals surface area contributed by atoms with Crippen LogP contribution in [-0.2, 0) is 30.4 Å². The van der Waals surface area contributed by atoms with Crippen LogP contribution < -0.4 is 0 Å². The van der Waals surface area contributed by atoms with Crippen LogP contribution in [0.25, 0.3) is 32.3 Å². The Labute approximate surface area is 259 Å². The van der Waals surface area contributed by atoms with Crippen molar-refractivity contribution in [2.45, 2.75) is 14.7 Å². The van der Waals surface area contributed by atoms with Crippen LogP contribution in [0.4, 0.5) is 0 Å². The van der Waals surface area contributed by atoms with E-state index in [1.54, 1.807) is 109 Å².